The Hall–Kier alpha value is -1.81. The Kier molecular flexibility index (Phi) is 2.59. The average Bonchev–Trinajstić information content (AvgIpc) is 2.69. The van der Waals surface area contributed by atoms with E-state index in [1.165, 1.54) is 12.1 Å². The normalized spacial score (nSPS) is 23.1. The minimum atomic E-state index is -0.960. The Morgan fingerprint density at radius 1 is 1.22 bits per heavy atom. The van der Waals surface area contributed by atoms with Gasteiger partial charge < -0.3 is 5.11 Å². The van der Waals surface area contributed by atoms with Crippen LogP contribution in [0.25, 0.3) is 0 Å². The molecule has 1 aromatic rings. The van der Waals surface area contributed by atoms with E-state index in [1.807, 2.05) is 0 Å². The van der Waals surface area contributed by atoms with Gasteiger partial charge in [-0.05, 0) is 30.5 Å². The summed E-state index contributed by atoms with van der Waals surface area (Å²) in [6.45, 7) is 0. The van der Waals surface area contributed by atoms with Crippen molar-refractivity contribution in [2.24, 2.45) is 4.99 Å². The molecule has 1 aliphatic carbocycles. The molecule has 18 heavy (non-hydrogen) atoms. The van der Waals surface area contributed by atoms with E-state index in [4.69, 9.17) is 0 Å². The van der Waals surface area contributed by atoms with Crippen LogP contribution in [-0.2, 0) is 4.79 Å². The van der Waals surface area contributed by atoms with E-state index in [9.17, 15) is 14.3 Å². The van der Waals surface area contributed by atoms with Gasteiger partial charge in [0.1, 0.15) is 11.9 Å². The zero-order valence-corrected chi connectivity index (χ0v) is 9.69. The Morgan fingerprint density at radius 2 is 1.94 bits per heavy atom. The number of ketones is 1. The third-order valence-corrected chi connectivity index (χ3v) is 3.36. The van der Waals surface area contributed by atoms with Gasteiger partial charge in [0, 0.05) is 6.42 Å². The van der Waals surface area contributed by atoms with E-state index >= 15 is 0 Å². The maximum Gasteiger partial charge on any atom is 0.163 e. The number of aliphatic imine (C=N–C) groups is 1. The second kappa shape index (κ2) is 4.14. The number of hydrogen-bond donors (Lipinski definition) is 1. The zero-order chi connectivity index (χ0) is 12.7. The maximum absolute atomic E-state index is 12.9. The molecule has 1 aromatic carbocycles. The molecule has 1 aliphatic heterocycles. The maximum atomic E-state index is 12.9. The number of carbonyl (C=O) groups excluding carboxylic acids is 1. The molecule has 4 heteroatoms. The molecule has 1 heterocycles. The predicted molar refractivity (Wildman–Crippen MR) is 64.8 cm³/mol. The van der Waals surface area contributed by atoms with Gasteiger partial charge in [0.2, 0.25) is 0 Å². The van der Waals surface area contributed by atoms with Gasteiger partial charge in [0.15, 0.2) is 5.78 Å². The molecule has 0 amide bonds. The van der Waals surface area contributed by atoms with Crippen LogP contribution in [0.15, 0.2) is 40.5 Å². The minimum Gasteiger partial charge on any atom is -0.382 e. The number of nitrogens with zero attached hydrogens (tertiary/aromatic N) is 1. The number of benzene rings is 1. The lowest BCUT2D eigenvalue weighted by molar-refractivity contribution is -0.116. The van der Waals surface area contributed by atoms with E-state index in [2.05, 4.69) is 4.99 Å². The molecule has 1 atom stereocenters. The number of halogens is 1. The average molecular weight is 245 g/mol. The fourth-order valence-corrected chi connectivity index (χ4v) is 2.46. The highest BCUT2D eigenvalue weighted by Gasteiger charge is 2.34. The van der Waals surface area contributed by atoms with Gasteiger partial charge in [-0.1, -0.05) is 12.1 Å². The molecule has 0 spiro atoms. The standard InChI is InChI=1S/C14H12FNO2/c15-9-6-4-8(5-7-9)13-14(18)12-10(16-13)2-1-3-11(12)17/h4-7,14,18H,1-3H2/t14-/m1/s1. The summed E-state index contributed by atoms with van der Waals surface area (Å²) in [4.78, 5) is 16.1. The highest BCUT2D eigenvalue weighted by molar-refractivity contribution is 6.15. The van der Waals surface area contributed by atoms with Crippen LogP contribution in [-0.4, -0.2) is 22.7 Å². The molecule has 0 bridgehead atoms. The summed E-state index contributed by atoms with van der Waals surface area (Å²) in [5.41, 5.74) is 2.24. The number of rotatable bonds is 1. The van der Waals surface area contributed by atoms with Crippen LogP contribution in [0.1, 0.15) is 24.8 Å². The second-order valence-corrected chi connectivity index (χ2v) is 4.54. The van der Waals surface area contributed by atoms with Crippen LogP contribution in [0.4, 0.5) is 4.39 Å². The highest BCUT2D eigenvalue weighted by Crippen LogP contribution is 2.32. The van der Waals surface area contributed by atoms with Gasteiger partial charge in [-0.3, -0.25) is 9.79 Å². The van der Waals surface area contributed by atoms with Crippen molar-refractivity contribution in [1.82, 2.24) is 0 Å². The molecule has 2 aliphatic rings. The largest absolute Gasteiger partial charge is 0.382 e. The van der Waals surface area contributed by atoms with Gasteiger partial charge in [0.25, 0.3) is 0 Å². The first kappa shape index (κ1) is 11.3. The second-order valence-electron chi connectivity index (χ2n) is 4.54. The third-order valence-electron chi connectivity index (χ3n) is 3.36. The SMILES string of the molecule is O=C1CCCC2=C1[C@@H](O)C(c1ccc(F)cc1)=N2. The van der Waals surface area contributed by atoms with Crippen LogP contribution < -0.4 is 0 Å². The highest BCUT2D eigenvalue weighted by atomic mass is 19.1. The molecule has 0 radical (unpaired) electrons. The molecule has 0 aromatic heterocycles. The Balaban J connectivity index is 1.98. The van der Waals surface area contributed by atoms with E-state index in [1.54, 1.807) is 12.1 Å². The fourth-order valence-electron chi connectivity index (χ4n) is 2.46. The molecule has 0 unspecified atom stereocenters. The Labute approximate surface area is 104 Å². The summed E-state index contributed by atoms with van der Waals surface area (Å²) in [5.74, 6) is -0.356. The lowest BCUT2D eigenvalue weighted by Crippen LogP contribution is -2.25. The van der Waals surface area contributed by atoms with E-state index in [-0.39, 0.29) is 11.6 Å². The molecule has 3 rings (SSSR count). The molecule has 0 saturated carbocycles. The van der Waals surface area contributed by atoms with Gasteiger partial charge in [-0.2, -0.15) is 0 Å². The van der Waals surface area contributed by atoms with Crippen molar-refractivity contribution in [2.45, 2.75) is 25.4 Å². The van der Waals surface area contributed by atoms with Crippen molar-refractivity contribution < 1.29 is 14.3 Å². The number of aliphatic hydroxyl groups excluding tert-OH is 1. The third kappa shape index (κ3) is 1.69. The minimum absolute atomic E-state index is 0.0235. The van der Waals surface area contributed by atoms with Crippen LogP contribution in [0.2, 0.25) is 0 Å². The quantitative estimate of drug-likeness (QED) is 0.822. The summed E-state index contributed by atoms with van der Waals surface area (Å²) < 4.78 is 12.9. The monoisotopic (exact) mass is 245 g/mol. The molecule has 92 valence electrons. The number of aliphatic hydroxyl groups is 1. The van der Waals surface area contributed by atoms with Gasteiger partial charge in [0.05, 0.1) is 17.0 Å². The molecule has 0 fully saturated rings. The first-order chi connectivity index (χ1) is 8.66. The van der Waals surface area contributed by atoms with Gasteiger partial charge in [-0.25, -0.2) is 4.39 Å². The van der Waals surface area contributed by atoms with E-state index in [0.29, 0.717) is 29.0 Å². The molecular weight excluding hydrogens is 233 g/mol. The fraction of sp³-hybridized carbons (Fsp3) is 0.286. The van der Waals surface area contributed by atoms with Crippen molar-refractivity contribution in [3.05, 3.63) is 46.9 Å². The molecular formula is C14H12FNO2. The lowest BCUT2D eigenvalue weighted by atomic mass is 9.91. The summed E-state index contributed by atoms with van der Waals surface area (Å²) in [7, 11) is 0. The smallest absolute Gasteiger partial charge is 0.163 e. The summed E-state index contributed by atoms with van der Waals surface area (Å²) in [6, 6.07) is 5.79. The zero-order valence-electron chi connectivity index (χ0n) is 9.69. The van der Waals surface area contributed by atoms with Crippen LogP contribution in [0, 0.1) is 5.82 Å². The van der Waals surface area contributed by atoms with Crippen LogP contribution in [0.5, 0.6) is 0 Å². The van der Waals surface area contributed by atoms with Crippen molar-refractivity contribution in [1.29, 1.82) is 0 Å². The van der Waals surface area contributed by atoms with Crippen molar-refractivity contribution in [2.75, 3.05) is 0 Å². The van der Waals surface area contributed by atoms with Crippen molar-refractivity contribution in [3.63, 3.8) is 0 Å². The van der Waals surface area contributed by atoms with E-state index in [0.717, 1.165) is 12.8 Å². The first-order valence-electron chi connectivity index (χ1n) is 5.95. The van der Waals surface area contributed by atoms with E-state index < -0.39 is 6.10 Å². The number of allylic oxidation sites excluding steroid dienone is 1. The van der Waals surface area contributed by atoms with Gasteiger partial charge >= 0.3 is 0 Å². The summed E-state index contributed by atoms with van der Waals surface area (Å²) in [6.07, 6.45) is 1.02. The first-order valence-corrected chi connectivity index (χ1v) is 5.95. The van der Waals surface area contributed by atoms with Crippen molar-refractivity contribution >= 4 is 11.5 Å². The topological polar surface area (TPSA) is 49.7 Å². The number of Topliss-reactive ketones (excluding diaryl/α,β-unsaturated/α-hetero) is 1. The summed E-state index contributed by atoms with van der Waals surface area (Å²) >= 11 is 0. The molecule has 0 saturated heterocycles. The number of hydrogen-bond acceptors (Lipinski definition) is 3. The Bertz CT molecular complexity index is 572. The lowest BCUT2D eigenvalue weighted by Gasteiger charge is -2.14. The molecule has 3 nitrogen and oxygen atoms in total. The van der Waals surface area contributed by atoms with Gasteiger partial charge in [-0.15, -0.1) is 0 Å². The summed E-state index contributed by atoms with van der Waals surface area (Å²) in [5, 5.41) is 10.2. The van der Waals surface area contributed by atoms with Crippen LogP contribution in [0.3, 0.4) is 0 Å². The predicted octanol–water partition coefficient (Wildman–Crippen LogP) is 2.00. The number of carbonyl (C=O) groups is 1. The Morgan fingerprint density at radius 3 is 2.61 bits per heavy atom. The van der Waals surface area contributed by atoms with Crippen molar-refractivity contribution in [3.8, 4) is 0 Å². The van der Waals surface area contributed by atoms with Crippen LogP contribution >= 0.6 is 0 Å². The molecule has 1 N–H and O–H groups in total.